The van der Waals surface area contributed by atoms with Gasteiger partial charge in [0, 0.05) is 31.3 Å². The van der Waals surface area contributed by atoms with Crippen LogP contribution in [0, 0.1) is 6.92 Å². The standard InChI is InChI=1S/C17H18BrN3O4S/c1-11-10-14(18)25-16(11)17(22)19-12-5-7-13(8-6-12)26(23,24)20-15-4-3-9-21(15)2/h5-8,10H,3-4,9H2,1-2H3,(H,19,22)/b20-15-. The van der Waals surface area contributed by atoms with Crippen molar-refractivity contribution >= 4 is 43.4 Å². The van der Waals surface area contributed by atoms with Gasteiger partial charge in [-0.15, -0.1) is 4.40 Å². The average molecular weight is 440 g/mol. The van der Waals surface area contributed by atoms with Crippen LogP contribution in [-0.4, -0.2) is 38.7 Å². The molecule has 0 spiro atoms. The van der Waals surface area contributed by atoms with Crippen molar-refractivity contribution in [3.05, 3.63) is 46.3 Å². The number of hydrogen-bond acceptors (Lipinski definition) is 4. The molecular formula is C17H18BrN3O4S. The lowest BCUT2D eigenvalue weighted by atomic mass is 10.2. The van der Waals surface area contributed by atoms with Crippen molar-refractivity contribution in [2.75, 3.05) is 18.9 Å². The van der Waals surface area contributed by atoms with Gasteiger partial charge in [-0.05, 0) is 59.6 Å². The molecule has 0 radical (unpaired) electrons. The van der Waals surface area contributed by atoms with Crippen LogP contribution >= 0.6 is 15.9 Å². The van der Waals surface area contributed by atoms with Crippen LogP contribution in [0.5, 0.6) is 0 Å². The number of sulfonamides is 1. The predicted octanol–water partition coefficient (Wildman–Crippen LogP) is 3.42. The number of hydrogen-bond donors (Lipinski definition) is 1. The first-order valence-electron chi connectivity index (χ1n) is 7.98. The third-order valence-corrected chi connectivity index (χ3v) is 5.77. The van der Waals surface area contributed by atoms with Crippen LogP contribution in [0.1, 0.15) is 29.0 Å². The van der Waals surface area contributed by atoms with E-state index in [0.29, 0.717) is 28.2 Å². The van der Waals surface area contributed by atoms with E-state index in [9.17, 15) is 13.2 Å². The Morgan fingerprint density at radius 2 is 2.00 bits per heavy atom. The maximum absolute atomic E-state index is 12.4. The lowest BCUT2D eigenvalue weighted by Crippen LogP contribution is -2.20. The van der Waals surface area contributed by atoms with E-state index >= 15 is 0 Å². The fraction of sp³-hybridized carbons (Fsp3) is 0.294. The molecule has 1 saturated heterocycles. The number of rotatable bonds is 4. The Balaban J connectivity index is 1.76. The van der Waals surface area contributed by atoms with Crippen molar-refractivity contribution in [3.8, 4) is 0 Å². The largest absolute Gasteiger partial charge is 0.444 e. The summed E-state index contributed by atoms with van der Waals surface area (Å²) in [7, 11) is -1.94. The van der Waals surface area contributed by atoms with Crippen molar-refractivity contribution < 1.29 is 17.6 Å². The Labute approximate surface area is 160 Å². The number of furan rings is 1. The summed E-state index contributed by atoms with van der Waals surface area (Å²) < 4.78 is 34.5. The summed E-state index contributed by atoms with van der Waals surface area (Å²) in [5.41, 5.74) is 1.16. The van der Waals surface area contributed by atoms with Crippen LogP contribution in [-0.2, 0) is 10.0 Å². The summed E-state index contributed by atoms with van der Waals surface area (Å²) in [6.07, 6.45) is 1.56. The molecule has 2 aromatic rings. The third kappa shape index (κ3) is 3.99. The molecule has 1 N–H and O–H groups in total. The second-order valence-electron chi connectivity index (χ2n) is 6.05. The molecule has 0 unspecified atom stereocenters. The first-order chi connectivity index (χ1) is 12.3. The minimum absolute atomic E-state index is 0.0835. The monoisotopic (exact) mass is 439 g/mol. The van der Waals surface area contributed by atoms with Crippen LogP contribution in [0.3, 0.4) is 0 Å². The molecular weight excluding hydrogens is 422 g/mol. The molecule has 0 saturated carbocycles. The molecule has 138 valence electrons. The number of carbonyl (C=O) groups excluding carboxylic acids is 1. The molecule has 0 aliphatic carbocycles. The van der Waals surface area contributed by atoms with Gasteiger partial charge in [-0.25, -0.2) is 0 Å². The molecule has 1 amide bonds. The number of nitrogens with zero attached hydrogens (tertiary/aromatic N) is 2. The molecule has 1 aromatic carbocycles. The van der Waals surface area contributed by atoms with E-state index in [1.54, 1.807) is 13.0 Å². The van der Waals surface area contributed by atoms with Gasteiger partial charge in [0.25, 0.3) is 15.9 Å². The first-order valence-corrected chi connectivity index (χ1v) is 10.2. The van der Waals surface area contributed by atoms with Crippen LogP contribution < -0.4 is 5.32 Å². The fourth-order valence-corrected chi connectivity index (χ4v) is 4.27. The summed E-state index contributed by atoms with van der Waals surface area (Å²) in [5.74, 6) is 0.363. The number of aryl methyl sites for hydroxylation is 1. The summed E-state index contributed by atoms with van der Waals surface area (Å²) in [5, 5.41) is 2.68. The molecule has 1 fully saturated rings. The Bertz CT molecular complexity index is 964. The van der Waals surface area contributed by atoms with Crippen LogP contribution in [0.25, 0.3) is 0 Å². The molecule has 26 heavy (non-hydrogen) atoms. The van der Waals surface area contributed by atoms with Gasteiger partial charge in [-0.2, -0.15) is 8.42 Å². The second kappa shape index (κ2) is 7.24. The smallest absolute Gasteiger partial charge is 0.291 e. The molecule has 0 bridgehead atoms. The number of amidine groups is 1. The molecule has 0 atom stereocenters. The van der Waals surface area contributed by atoms with E-state index in [2.05, 4.69) is 25.6 Å². The Kier molecular flexibility index (Phi) is 5.19. The zero-order valence-electron chi connectivity index (χ0n) is 14.3. The summed E-state index contributed by atoms with van der Waals surface area (Å²) in [4.78, 5) is 14.2. The van der Waals surface area contributed by atoms with Gasteiger partial charge < -0.3 is 14.6 Å². The van der Waals surface area contributed by atoms with Gasteiger partial charge in [0.2, 0.25) is 0 Å². The van der Waals surface area contributed by atoms with Gasteiger partial charge in [-0.3, -0.25) is 4.79 Å². The minimum Gasteiger partial charge on any atom is -0.444 e. The number of carbonyl (C=O) groups is 1. The number of halogens is 1. The number of likely N-dealkylation sites (tertiary alicyclic amines) is 1. The molecule has 9 heteroatoms. The van der Waals surface area contributed by atoms with E-state index in [-0.39, 0.29) is 10.7 Å². The lowest BCUT2D eigenvalue weighted by molar-refractivity contribution is 0.0994. The van der Waals surface area contributed by atoms with E-state index in [1.807, 2.05) is 11.9 Å². The van der Waals surface area contributed by atoms with Crippen molar-refractivity contribution in [1.29, 1.82) is 0 Å². The SMILES string of the molecule is Cc1cc(Br)oc1C(=O)Nc1ccc(S(=O)(=O)/N=C2/CCCN2C)cc1. The molecule has 1 aromatic heterocycles. The fourth-order valence-electron chi connectivity index (χ4n) is 2.67. The van der Waals surface area contributed by atoms with Crippen molar-refractivity contribution in [2.45, 2.75) is 24.7 Å². The highest BCUT2D eigenvalue weighted by molar-refractivity contribution is 9.10. The highest BCUT2D eigenvalue weighted by Gasteiger charge is 2.20. The summed E-state index contributed by atoms with van der Waals surface area (Å²) >= 11 is 3.18. The molecule has 2 heterocycles. The Morgan fingerprint density at radius 1 is 1.31 bits per heavy atom. The number of nitrogens with one attached hydrogen (secondary N) is 1. The quantitative estimate of drug-likeness (QED) is 0.787. The first kappa shape index (κ1) is 18.7. The van der Waals surface area contributed by atoms with Gasteiger partial charge in [0.15, 0.2) is 10.4 Å². The van der Waals surface area contributed by atoms with Gasteiger partial charge in [0.05, 0.1) is 4.90 Å². The van der Waals surface area contributed by atoms with E-state index in [1.165, 1.54) is 24.3 Å². The molecule has 1 aliphatic rings. The van der Waals surface area contributed by atoms with E-state index in [4.69, 9.17) is 4.42 Å². The van der Waals surface area contributed by atoms with Crippen molar-refractivity contribution in [1.82, 2.24) is 4.90 Å². The number of benzene rings is 1. The highest BCUT2D eigenvalue weighted by Crippen LogP contribution is 2.22. The molecule has 7 nitrogen and oxygen atoms in total. The van der Waals surface area contributed by atoms with Crippen LogP contribution in [0.4, 0.5) is 5.69 Å². The topological polar surface area (TPSA) is 92.0 Å². The zero-order chi connectivity index (χ0) is 18.9. The van der Waals surface area contributed by atoms with Gasteiger partial charge in [0.1, 0.15) is 5.84 Å². The summed E-state index contributed by atoms with van der Waals surface area (Å²) in [6, 6.07) is 7.60. The van der Waals surface area contributed by atoms with Crippen LogP contribution in [0.15, 0.2) is 48.7 Å². The maximum Gasteiger partial charge on any atom is 0.291 e. The van der Waals surface area contributed by atoms with E-state index < -0.39 is 15.9 Å². The Hall–Kier alpha value is -2.13. The normalized spacial score (nSPS) is 16.3. The second-order valence-corrected chi connectivity index (χ2v) is 8.43. The van der Waals surface area contributed by atoms with Crippen molar-refractivity contribution in [3.63, 3.8) is 0 Å². The van der Waals surface area contributed by atoms with Crippen LogP contribution in [0.2, 0.25) is 0 Å². The van der Waals surface area contributed by atoms with Gasteiger partial charge in [-0.1, -0.05) is 0 Å². The third-order valence-electron chi connectivity index (χ3n) is 4.06. The molecule has 3 rings (SSSR count). The maximum atomic E-state index is 12.4. The highest BCUT2D eigenvalue weighted by atomic mass is 79.9. The average Bonchev–Trinajstić information content (AvgIpc) is 3.12. The van der Waals surface area contributed by atoms with Crippen molar-refractivity contribution in [2.24, 2.45) is 4.40 Å². The van der Waals surface area contributed by atoms with Gasteiger partial charge >= 0.3 is 0 Å². The van der Waals surface area contributed by atoms with E-state index in [0.717, 1.165) is 13.0 Å². The number of anilines is 1. The summed E-state index contributed by atoms with van der Waals surface area (Å²) in [6.45, 7) is 2.57. The zero-order valence-corrected chi connectivity index (χ0v) is 16.7. The number of amides is 1. The molecule has 1 aliphatic heterocycles. The predicted molar refractivity (Wildman–Crippen MR) is 102 cm³/mol. The Morgan fingerprint density at radius 3 is 2.54 bits per heavy atom. The minimum atomic E-state index is -3.77. The lowest BCUT2D eigenvalue weighted by Gasteiger charge is -2.11.